The van der Waals surface area contributed by atoms with Crippen molar-refractivity contribution in [2.75, 3.05) is 63.6 Å². The van der Waals surface area contributed by atoms with Gasteiger partial charge in [-0.25, -0.2) is 9.37 Å². The number of pyridine rings is 1. The highest BCUT2D eigenvalue weighted by atomic mass is 19.1. The number of nitrogens with zero attached hydrogens (tertiary/aromatic N) is 6. The van der Waals surface area contributed by atoms with E-state index in [-0.39, 0.29) is 23.4 Å². The van der Waals surface area contributed by atoms with E-state index in [4.69, 9.17) is 9.72 Å². The van der Waals surface area contributed by atoms with Crippen LogP contribution in [0.3, 0.4) is 0 Å². The summed E-state index contributed by atoms with van der Waals surface area (Å²) in [5, 5.41) is 13.2. The first-order valence-electron chi connectivity index (χ1n) is 16.9. The van der Waals surface area contributed by atoms with Crippen LogP contribution in [0.25, 0.3) is 22.3 Å². The number of likely N-dealkylation sites (N-methyl/N-ethyl adjacent to an activating group) is 1. The number of aromatic nitrogens is 3. The molecule has 2 N–H and O–H groups in total. The van der Waals surface area contributed by atoms with E-state index in [0.717, 1.165) is 81.7 Å². The first kappa shape index (κ1) is 31.5. The van der Waals surface area contributed by atoms with E-state index in [9.17, 15) is 9.90 Å². The molecule has 0 spiro atoms. The maximum Gasteiger partial charge on any atom is 0.261 e. The van der Waals surface area contributed by atoms with E-state index in [2.05, 4.69) is 54.8 Å². The molecule has 2 saturated heterocycles. The standard InChI is InChI=1S/C36H44FN7O3/c1-41-19-21-43(22-20-41)24-14-17-42(18-15-24)26-9-12-31-30(23-26)39-36(44(31)25-7-10-27(45)11-8-25)40-35(46)29-13-16-38-34(33(29)37)28-5-3-4-6-32(28)47-2/h3-6,9,12-13,16,23-25,27,45H,7-8,10-11,14-15,17-22H2,1-2H3,(H,39,40,46)/t25-,27+. The second-order valence-electron chi connectivity index (χ2n) is 13.2. The molecule has 1 saturated carbocycles. The molecule has 0 bridgehead atoms. The summed E-state index contributed by atoms with van der Waals surface area (Å²) in [4.78, 5) is 30.4. The molecule has 7 rings (SSSR count). The van der Waals surface area contributed by atoms with Crippen molar-refractivity contribution in [2.24, 2.45) is 0 Å². The van der Waals surface area contributed by atoms with Crippen LogP contribution in [0, 0.1) is 5.82 Å². The number of carbonyl (C=O) groups excluding carboxylic acids is 1. The third kappa shape index (κ3) is 6.44. The molecule has 2 aliphatic heterocycles. The summed E-state index contributed by atoms with van der Waals surface area (Å²) in [6, 6.07) is 15.5. The van der Waals surface area contributed by atoms with E-state index in [1.807, 2.05) is 0 Å². The molecule has 248 valence electrons. The number of piperazine rings is 1. The minimum absolute atomic E-state index is 0.0471. The largest absolute Gasteiger partial charge is 0.496 e. The summed E-state index contributed by atoms with van der Waals surface area (Å²) < 4.78 is 23.4. The zero-order valence-corrected chi connectivity index (χ0v) is 27.2. The van der Waals surface area contributed by atoms with Gasteiger partial charge in [0.15, 0.2) is 5.82 Å². The second-order valence-corrected chi connectivity index (χ2v) is 13.2. The molecule has 3 aliphatic rings. The number of ether oxygens (including phenoxy) is 1. The van der Waals surface area contributed by atoms with Crippen LogP contribution in [0.15, 0.2) is 54.7 Å². The van der Waals surface area contributed by atoms with E-state index in [1.165, 1.54) is 19.4 Å². The summed E-state index contributed by atoms with van der Waals surface area (Å²) in [5.41, 5.74) is 3.22. The number of aliphatic hydroxyl groups excluding tert-OH is 1. The minimum atomic E-state index is -0.722. The lowest BCUT2D eigenvalue weighted by Crippen LogP contribution is -2.52. The van der Waals surface area contributed by atoms with E-state index in [0.29, 0.717) is 36.1 Å². The van der Waals surface area contributed by atoms with Gasteiger partial charge in [-0.2, -0.15) is 0 Å². The molecule has 11 heteroatoms. The molecule has 3 fully saturated rings. The molecule has 10 nitrogen and oxygen atoms in total. The number of halogens is 1. The number of para-hydroxylation sites is 1. The van der Waals surface area contributed by atoms with Gasteiger partial charge in [-0.3, -0.25) is 20.0 Å². The van der Waals surface area contributed by atoms with Crippen molar-refractivity contribution in [1.29, 1.82) is 0 Å². The third-order valence-electron chi connectivity index (χ3n) is 10.3. The average molecular weight is 642 g/mol. The van der Waals surface area contributed by atoms with Crippen molar-refractivity contribution in [3.8, 4) is 17.0 Å². The van der Waals surface area contributed by atoms with Crippen LogP contribution >= 0.6 is 0 Å². The Morgan fingerprint density at radius 1 is 0.936 bits per heavy atom. The van der Waals surface area contributed by atoms with E-state index < -0.39 is 11.7 Å². The maximum atomic E-state index is 15.9. The number of amides is 1. The second kappa shape index (κ2) is 13.6. The molecule has 2 aromatic heterocycles. The summed E-state index contributed by atoms with van der Waals surface area (Å²) >= 11 is 0. The number of methoxy groups -OCH3 is 1. The molecular weight excluding hydrogens is 597 g/mol. The quantitative estimate of drug-likeness (QED) is 0.285. The fraction of sp³-hybridized carbons (Fsp3) is 0.472. The average Bonchev–Trinajstić information content (AvgIpc) is 3.46. The molecule has 4 aromatic rings. The molecule has 4 heterocycles. The van der Waals surface area contributed by atoms with Crippen molar-refractivity contribution in [3.63, 3.8) is 0 Å². The monoisotopic (exact) mass is 641 g/mol. The molecule has 0 atom stereocenters. The highest BCUT2D eigenvalue weighted by Crippen LogP contribution is 2.37. The zero-order chi connectivity index (χ0) is 32.5. The Morgan fingerprint density at radius 3 is 2.43 bits per heavy atom. The maximum absolute atomic E-state index is 15.9. The fourth-order valence-electron chi connectivity index (χ4n) is 7.55. The van der Waals surface area contributed by atoms with Gasteiger partial charge in [0.1, 0.15) is 11.4 Å². The number of piperidine rings is 1. The topological polar surface area (TPSA) is 99.0 Å². The molecule has 1 aliphatic carbocycles. The number of imidazole rings is 1. The summed E-state index contributed by atoms with van der Waals surface area (Å²) in [5.74, 6) is -0.468. The van der Waals surface area contributed by atoms with Crippen LogP contribution in [0.2, 0.25) is 0 Å². The molecule has 2 aromatic carbocycles. The van der Waals surface area contributed by atoms with Gasteiger partial charge in [-0.15, -0.1) is 0 Å². The van der Waals surface area contributed by atoms with Crippen LogP contribution < -0.4 is 15.0 Å². The van der Waals surface area contributed by atoms with Crippen molar-refractivity contribution in [2.45, 2.75) is 56.7 Å². The molecule has 47 heavy (non-hydrogen) atoms. The number of anilines is 2. The van der Waals surface area contributed by atoms with Crippen LogP contribution in [-0.4, -0.2) is 101 Å². The first-order chi connectivity index (χ1) is 22.9. The number of benzene rings is 2. The van der Waals surface area contributed by atoms with Crippen LogP contribution in [0.1, 0.15) is 54.9 Å². The number of carbonyl (C=O) groups is 1. The van der Waals surface area contributed by atoms with Crippen molar-refractivity contribution in [3.05, 3.63) is 66.1 Å². The normalized spacial score (nSPS) is 21.7. The van der Waals surface area contributed by atoms with E-state index in [1.54, 1.807) is 24.3 Å². The summed E-state index contributed by atoms with van der Waals surface area (Å²) in [6.07, 6.45) is 6.27. The Kier molecular flexibility index (Phi) is 9.11. The van der Waals surface area contributed by atoms with Crippen molar-refractivity contribution in [1.82, 2.24) is 24.3 Å². The lowest BCUT2D eigenvalue weighted by atomic mass is 9.93. The number of nitrogens with one attached hydrogen (secondary N) is 1. The van der Waals surface area contributed by atoms with Crippen LogP contribution in [-0.2, 0) is 0 Å². The predicted octanol–water partition coefficient (Wildman–Crippen LogP) is 5.19. The lowest BCUT2D eigenvalue weighted by Gasteiger charge is -2.42. The van der Waals surface area contributed by atoms with Gasteiger partial charge >= 0.3 is 0 Å². The SMILES string of the molecule is COc1ccccc1-c1nccc(C(=O)Nc2nc3cc(N4CCC(N5CCN(C)CC5)CC4)ccc3n2[C@H]2CC[C@@H](O)CC2)c1F. The van der Waals surface area contributed by atoms with Gasteiger partial charge in [0.05, 0.1) is 29.8 Å². The molecule has 1 amide bonds. The van der Waals surface area contributed by atoms with Gasteiger partial charge in [-0.1, -0.05) is 12.1 Å². The Bertz CT molecular complexity index is 1720. The molecule has 0 radical (unpaired) electrons. The zero-order valence-electron chi connectivity index (χ0n) is 27.2. The number of fused-ring (bicyclic) bond motifs is 1. The van der Waals surface area contributed by atoms with Crippen LogP contribution in [0.5, 0.6) is 5.75 Å². The summed E-state index contributed by atoms with van der Waals surface area (Å²) in [6.45, 7) is 6.53. The Morgan fingerprint density at radius 2 is 1.68 bits per heavy atom. The van der Waals surface area contributed by atoms with Gasteiger partial charge < -0.3 is 24.2 Å². The Labute approximate surface area is 275 Å². The van der Waals surface area contributed by atoms with Gasteiger partial charge in [0, 0.05) is 68.8 Å². The lowest BCUT2D eigenvalue weighted by molar-refractivity contribution is 0.0982. The van der Waals surface area contributed by atoms with Crippen molar-refractivity contribution >= 4 is 28.6 Å². The number of hydrogen-bond acceptors (Lipinski definition) is 8. The predicted molar refractivity (Wildman–Crippen MR) is 182 cm³/mol. The highest BCUT2D eigenvalue weighted by molar-refractivity contribution is 6.05. The third-order valence-corrected chi connectivity index (χ3v) is 10.3. The first-order valence-corrected chi connectivity index (χ1v) is 16.9. The molecular formula is C36H44FN7O3. The fourth-order valence-corrected chi connectivity index (χ4v) is 7.55. The smallest absolute Gasteiger partial charge is 0.261 e. The van der Waals surface area contributed by atoms with Gasteiger partial charge in [-0.05, 0) is 82.0 Å². The summed E-state index contributed by atoms with van der Waals surface area (Å²) in [7, 11) is 3.72. The number of aliphatic hydroxyl groups is 1. The number of rotatable bonds is 7. The minimum Gasteiger partial charge on any atom is -0.496 e. The van der Waals surface area contributed by atoms with E-state index >= 15 is 4.39 Å². The van der Waals surface area contributed by atoms with Crippen molar-refractivity contribution < 1.29 is 19.0 Å². The van der Waals surface area contributed by atoms with Gasteiger partial charge in [0.2, 0.25) is 5.95 Å². The van der Waals surface area contributed by atoms with Crippen LogP contribution in [0.4, 0.5) is 16.0 Å². The van der Waals surface area contributed by atoms with Gasteiger partial charge in [0.25, 0.3) is 5.91 Å². The Hall–Kier alpha value is -4.06. The molecule has 0 unspecified atom stereocenters. The number of hydrogen-bond donors (Lipinski definition) is 2. The highest BCUT2D eigenvalue weighted by Gasteiger charge is 2.29. The Balaban J connectivity index is 1.15.